The maximum atomic E-state index is 14.4. The van der Waals surface area contributed by atoms with Crippen LogP contribution in [-0.2, 0) is 30.8 Å². The summed E-state index contributed by atoms with van der Waals surface area (Å²) in [6.07, 6.45) is 5.20. The summed E-state index contributed by atoms with van der Waals surface area (Å²) in [5.74, 6) is -2.49. The van der Waals surface area contributed by atoms with Crippen molar-refractivity contribution in [3.8, 4) is 11.8 Å². The van der Waals surface area contributed by atoms with Crippen LogP contribution >= 0.6 is 0 Å². The Bertz CT molecular complexity index is 1960. The molecule has 0 radical (unpaired) electrons. The van der Waals surface area contributed by atoms with Crippen molar-refractivity contribution in [2.45, 2.75) is 100 Å². The van der Waals surface area contributed by atoms with Crippen molar-refractivity contribution >= 4 is 44.6 Å². The summed E-state index contributed by atoms with van der Waals surface area (Å²) in [6.45, 7) is 3.07. The third kappa shape index (κ3) is 7.01. The van der Waals surface area contributed by atoms with Gasteiger partial charge in [0.15, 0.2) is 0 Å². The van der Waals surface area contributed by atoms with Crippen molar-refractivity contribution < 1.29 is 46.6 Å². The number of alkyl halides is 1. The minimum atomic E-state index is -4.38. The molecule has 1 saturated heterocycles. The molecule has 4 N–H and O–H groups in total. The normalized spacial score (nSPS) is 31.6. The molecule has 286 valence electrons. The van der Waals surface area contributed by atoms with Gasteiger partial charge in [0.2, 0.25) is 33.6 Å². The van der Waals surface area contributed by atoms with Gasteiger partial charge in [-0.05, 0) is 74.7 Å². The van der Waals surface area contributed by atoms with Crippen LogP contribution in [0.25, 0.3) is 10.8 Å². The smallest absolute Gasteiger partial charge is 0.405 e. The van der Waals surface area contributed by atoms with E-state index in [1.165, 1.54) is 4.90 Å². The van der Waals surface area contributed by atoms with Crippen LogP contribution in [0.1, 0.15) is 70.8 Å². The van der Waals surface area contributed by atoms with E-state index in [0.29, 0.717) is 31.7 Å². The minimum absolute atomic E-state index is 0.0302. The van der Waals surface area contributed by atoms with E-state index in [-0.39, 0.29) is 44.0 Å². The minimum Gasteiger partial charge on any atom is -0.477 e. The first-order valence-electron chi connectivity index (χ1n) is 18.4. The molecule has 2 aromatic rings. The molecule has 2 aliphatic carbocycles. The zero-order valence-electron chi connectivity index (χ0n) is 29.8. The van der Waals surface area contributed by atoms with Gasteiger partial charge >= 0.3 is 6.09 Å². The third-order valence-electron chi connectivity index (χ3n) is 11.6. The zero-order chi connectivity index (χ0) is 37.7. The fraction of sp³-hybridized carbons (Fsp3) is 0.595. The molecule has 7 atom stereocenters. The largest absolute Gasteiger partial charge is 0.477 e. The molecule has 1 aromatic carbocycles. The quantitative estimate of drug-likeness (QED) is 0.305. The zero-order valence-corrected chi connectivity index (χ0v) is 30.6. The van der Waals surface area contributed by atoms with E-state index < -0.39 is 80.8 Å². The molecule has 5 aliphatic rings. The summed E-state index contributed by atoms with van der Waals surface area (Å²) in [5, 5.41) is 16.6. The van der Waals surface area contributed by atoms with Crippen molar-refractivity contribution in [2.24, 2.45) is 17.8 Å². The van der Waals surface area contributed by atoms with Gasteiger partial charge in [0, 0.05) is 23.3 Å². The molecule has 4 heterocycles. The third-order valence-corrected chi connectivity index (χ3v) is 13.7. The van der Waals surface area contributed by atoms with Crippen LogP contribution in [-0.4, -0.2) is 95.5 Å². The molecular weight excluding hydrogens is 709 g/mol. The number of aromatic nitrogens is 1. The maximum absolute atomic E-state index is 14.4. The lowest BCUT2D eigenvalue weighted by Crippen LogP contribution is -2.59. The predicted molar refractivity (Wildman–Crippen MR) is 190 cm³/mol. The number of benzene rings is 1. The van der Waals surface area contributed by atoms with E-state index in [9.17, 15) is 37.1 Å². The molecule has 7 rings (SSSR count). The van der Waals surface area contributed by atoms with E-state index in [4.69, 9.17) is 14.5 Å². The highest BCUT2D eigenvalue weighted by atomic mass is 32.2. The lowest BCUT2D eigenvalue weighted by atomic mass is 9.88. The number of pyridine rings is 1. The highest BCUT2D eigenvalue weighted by molar-refractivity contribution is 7.91. The number of fused-ring (bicyclic) bond motifs is 5. The van der Waals surface area contributed by atoms with Gasteiger partial charge in [0.25, 0.3) is 5.91 Å². The first kappa shape index (κ1) is 36.9. The summed E-state index contributed by atoms with van der Waals surface area (Å²) in [4.78, 5) is 60.6. The fourth-order valence-electron chi connectivity index (χ4n) is 8.18. The molecule has 53 heavy (non-hydrogen) atoms. The number of rotatable bonds is 7. The molecule has 0 spiro atoms. The Kier molecular flexibility index (Phi) is 9.79. The predicted octanol–water partition coefficient (Wildman–Crippen LogP) is 3.38. The Hall–Kier alpha value is -4.47. The molecule has 14 nitrogen and oxygen atoms in total. The van der Waals surface area contributed by atoms with Crippen LogP contribution in [0.2, 0.25) is 0 Å². The molecule has 0 bridgehead atoms. The Labute approximate surface area is 307 Å². The van der Waals surface area contributed by atoms with Gasteiger partial charge in [0.05, 0.1) is 13.2 Å². The van der Waals surface area contributed by atoms with Gasteiger partial charge in [-0.3, -0.25) is 19.1 Å². The number of aryl methyl sites for hydroxylation is 1. The van der Waals surface area contributed by atoms with Crippen LogP contribution < -0.4 is 24.8 Å². The molecule has 1 aromatic heterocycles. The number of halogens is 1. The monoisotopic (exact) mass is 755 g/mol. The fourth-order valence-corrected chi connectivity index (χ4v) is 9.60. The van der Waals surface area contributed by atoms with E-state index in [2.05, 4.69) is 15.4 Å². The Morgan fingerprint density at radius 2 is 1.92 bits per heavy atom. The number of carbonyl (C=O) groups is 4. The van der Waals surface area contributed by atoms with Gasteiger partial charge in [-0.15, -0.1) is 0 Å². The SMILES string of the molecule is C[C@H]1CC/C=C\[C@@H]2C[C@@]2(C(=O)NS(=O)(=O)C2(CF)CC2)NC(=O)[C@@H]2C[C@@H](Oc3nc4c(c5ccccc35)CCCO4)CN2C(=O)[C@@H](NC(=O)O)[C@H](C)C1. The number of carboxylic acid groups (broad SMARTS) is 1. The van der Waals surface area contributed by atoms with Crippen LogP contribution in [0.5, 0.6) is 11.8 Å². The van der Waals surface area contributed by atoms with Crippen LogP contribution in [0.15, 0.2) is 36.4 Å². The number of hydrogen-bond donors (Lipinski definition) is 4. The lowest BCUT2D eigenvalue weighted by Gasteiger charge is -2.32. The van der Waals surface area contributed by atoms with Gasteiger partial charge < -0.3 is 30.1 Å². The second kappa shape index (κ2) is 14.1. The average molecular weight is 756 g/mol. The Balaban J connectivity index is 1.23. The first-order valence-corrected chi connectivity index (χ1v) is 19.9. The standard InChI is InChI=1S/C37H46FN5O9S/c1-21-8-3-4-9-23-18-37(23,34(46)42-53(49,50)36(20-38)13-14-36)41-30(44)28-17-24(19-43(28)33(45)29(22(2)16-21)39-35(47)48)52-32-27-11-6-5-10-25(27)26-12-7-15-51-31(26)40-32/h4-6,9-11,21-24,28-29,39H,3,7-8,12-20H2,1-2H3,(H,41,44)(H,42,46)(H,47,48)/b9-4-/t21-,22+,23+,24+,28-,29-,37+/m0/s1. The summed E-state index contributed by atoms with van der Waals surface area (Å²) in [7, 11) is -4.38. The molecule has 3 aliphatic heterocycles. The lowest BCUT2D eigenvalue weighted by molar-refractivity contribution is -0.142. The topological polar surface area (TPSA) is 193 Å². The number of sulfonamides is 1. The number of ether oxygens (including phenoxy) is 2. The van der Waals surface area contributed by atoms with Crippen LogP contribution in [0.4, 0.5) is 9.18 Å². The molecule has 4 amide bonds. The Morgan fingerprint density at radius 1 is 1.17 bits per heavy atom. The number of allylic oxidation sites excluding steroid dienone is 1. The summed E-state index contributed by atoms with van der Waals surface area (Å²) < 4.78 is 52.8. The number of amides is 4. The van der Waals surface area contributed by atoms with Crippen LogP contribution in [0.3, 0.4) is 0 Å². The van der Waals surface area contributed by atoms with E-state index in [0.717, 1.165) is 29.2 Å². The number of nitrogens with zero attached hydrogens (tertiary/aromatic N) is 2. The van der Waals surface area contributed by atoms with Gasteiger partial charge in [-0.1, -0.05) is 44.2 Å². The van der Waals surface area contributed by atoms with Crippen molar-refractivity contribution in [1.82, 2.24) is 25.2 Å². The average Bonchev–Trinajstić information content (AvgIpc) is 4.03. The summed E-state index contributed by atoms with van der Waals surface area (Å²) >= 11 is 0. The van der Waals surface area contributed by atoms with E-state index in [1.807, 2.05) is 37.3 Å². The molecule has 2 saturated carbocycles. The number of nitrogens with one attached hydrogen (secondary N) is 3. The molecular formula is C37H46FN5O9S. The first-order chi connectivity index (χ1) is 25.3. The Morgan fingerprint density at radius 3 is 2.64 bits per heavy atom. The second-order valence-corrected chi connectivity index (χ2v) is 17.5. The maximum Gasteiger partial charge on any atom is 0.405 e. The van der Waals surface area contributed by atoms with Crippen LogP contribution in [0, 0.1) is 17.8 Å². The van der Waals surface area contributed by atoms with Crippen molar-refractivity contribution in [3.63, 3.8) is 0 Å². The highest BCUT2D eigenvalue weighted by Gasteiger charge is 2.64. The molecule has 0 unspecified atom stereocenters. The van der Waals surface area contributed by atoms with Gasteiger partial charge in [-0.25, -0.2) is 17.6 Å². The molecule has 3 fully saturated rings. The molecule has 16 heteroatoms. The van der Waals surface area contributed by atoms with Gasteiger partial charge in [-0.2, -0.15) is 4.98 Å². The van der Waals surface area contributed by atoms with Gasteiger partial charge in [0.1, 0.15) is 35.1 Å². The number of carbonyl (C=O) groups excluding carboxylic acids is 3. The summed E-state index contributed by atoms with van der Waals surface area (Å²) in [6, 6.07) is 5.20. The van der Waals surface area contributed by atoms with Crippen molar-refractivity contribution in [2.75, 3.05) is 19.8 Å². The van der Waals surface area contributed by atoms with Crippen molar-refractivity contribution in [1.29, 1.82) is 0 Å². The van der Waals surface area contributed by atoms with Crippen molar-refractivity contribution in [3.05, 3.63) is 42.0 Å². The summed E-state index contributed by atoms with van der Waals surface area (Å²) in [5.41, 5.74) is -0.692. The van der Waals surface area contributed by atoms with E-state index in [1.54, 1.807) is 13.0 Å². The highest BCUT2D eigenvalue weighted by Crippen LogP contribution is 2.48. The van der Waals surface area contributed by atoms with E-state index >= 15 is 0 Å². The second-order valence-electron chi connectivity index (χ2n) is 15.5. The number of hydrogen-bond acceptors (Lipinski definition) is 9.